The average Bonchev–Trinajstić information content (AvgIpc) is 3.43. The fourth-order valence-electron chi connectivity index (χ4n) is 3.42. The Morgan fingerprint density at radius 3 is 2.77 bits per heavy atom. The van der Waals surface area contributed by atoms with Gasteiger partial charge in [-0.3, -0.25) is 10.1 Å². The predicted octanol–water partition coefficient (Wildman–Crippen LogP) is 3.83. The minimum absolute atomic E-state index is 0.00713. The van der Waals surface area contributed by atoms with Crippen molar-refractivity contribution in [2.75, 3.05) is 18.2 Å². The van der Waals surface area contributed by atoms with Crippen LogP contribution >= 0.6 is 11.5 Å². The molecule has 9 nitrogen and oxygen atoms in total. The maximum atomic E-state index is 12.7. The summed E-state index contributed by atoms with van der Waals surface area (Å²) >= 11 is 0.727. The van der Waals surface area contributed by atoms with Crippen LogP contribution in [0.1, 0.15) is 11.1 Å². The summed E-state index contributed by atoms with van der Waals surface area (Å²) < 4.78 is 34.7. The highest BCUT2D eigenvalue weighted by atomic mass is 32.2. The number of carbonyl (C=O) groups excluding carboxylic acids is 1. The van der Waals surface area contributed by atoms with E-state index in [4.69, 9.17) is 4.74 Å². The number of hydrogen-bond acceptors (Lipinski definition) is 8. The molecule has 0 aliphatic heterocycles. The van der Waals surface area contributed by atoms with E-state index in [-0.39, 0.29) is 15.9 Å². The molecule has 0 atom stereocenters. The number of amides is 1. The Bertz CT molecular complexity index is 1580. The molecule has 2 aromatic heterocycles. The minimum atomic E-state index is -3.60. The fourth-order valence-corrected chi connectivity index (χ4v) is 4.86. The van der Waals surface area contributed by atoms with Crippen molar-refractivity contribution in [2.24, 2.45) is 0 Å². The number of anilines is 1. The normalized spacial score (nSPS) is 11.9. The second kappa shape index (κ2) is 10.1. The number of hydrogen-bond donors (Lipinski definition) is 1. The lowest BCUT2D eigenvalue weighted by Crippen LogP contribution is -2.13. The highest BCUT2D eigenvalue weighted by Gasteiger charge is 2.18. The van der Waals surface area contributed by atoms with Gasteiger partial charge in [-0.15, -0.1) is 0 Å². The molecule has 1 N–H and O–H groups in total. The first-order valence-corrected chi connectivity index (χ1v) is 13.2. The highest BCUT2D eigenvalue weighted by Crippen LogP contribution is 2.24. The van der Waals surface area contributed by atoms with Gasteiger partial charge < -0.3 is 9.30 Å². The van der Waals surface area contributed by atoms with Gasteiger partial charge in [0.2, 0.25) is 15.0 Å². The molecule has 0 saturated carbocycles. The van der Waals surface area contributed by atoms with Crippen molar-refractivity contribution in [1.29, 1.82) is 5.26 Å². The van der Waals surface area contributed by atoms with E-state index in [9.17, 15) is 18.5 Å². The molecule has 178 valence electrons. The second-order valence-electron chi connectivity index (χ2n) is 7.74. The number of nitrogens with one attached hydrogen (secondary N) is 1. The van der Waals surface area contributed by atoms with Gasteiger partial charge in [0.15, 0.2) is 0 Å². The monoisotopic (exact) mass is 507 g/mol. The van der Waals surface area contributed by atoms with E-state index in [1.54, 1.807) is 0 Å². The number of rotatable bonds is 8. The maximum Gasteiger partial charge on any atom is 0.268 e. The molecule has 4 rings (SSSR count). The van der Waals surface area contributed by atoms with Crippen molar-refractivity contribution in [1.82, 2.24) is 13.9 Å². The lowest BCUT2D eigenvalue weighted by molar-refractivity contribution is -0.112. The first-order chi connectivity index (χ1) is 16.7. The van der Waals surface area contributed by atoms with E-state index < -0.39 is 15.7 Å². The van der Waals surface area contributed by atoms with Crippen LogP contribution in [0.2, 0.25) is 0 Å². The Kier molecular flexibility index (Phi) is 6.95. The van der Waals surface area contributed by atoms with Crippen LogP contribution in [0.15, 0.2) is 65.5 Å². The molecule has 0 saturated heterocycles. The number of fused-ring (bicyclic) bond motifs is 1. The Balaban J connectivity index is 1.55. The lowest BCUT2D eigenvalue weighted by atomic mass is 10.1. The van der Waals surface area contributed by atoms with Crippen LogP contribution in [0.4, 0.5) is 5.13 Å². The second-order valence-corrected chi connectivity index (χ2v) is 10.4. The number of carbonyl (C=O) groups is 1. The number of sulfone groups is 1. The number of nitrogens with zero attached hydrogens (tertiary/aromatic N) is 4. The van der Waals surface area contributed by atoms with Crippen LogP contribution in [0.3, 0.4) is 0 Å². The molecule has 0 bridgehead atoms. The van der Waals surface area contributed by atoms with E-state index in [0.717, 1.165) is 40.0 Å². The topological polar surface area (TPSA) is 127 Å². The van der Waals surface area contributed by atoms with Gasteiger partial charge in [0, 0.05) is 40.5 Å². The van der Waals surface area contributed by atoms with Crippen molar-refractivity contribution in [3.63, 3.8) is 0 Å². The minimum Gasteiger partial charge on any atom is -0.492 e. The molecule has 2 aromatic carbocycles. The smallest absolute Gasteiger partial charge is 0.268 e. The number of ether oxygens (including phenoxy) is 1. The highest BCUT2D eigenvalue weighted by molar-refractivity contribution is 7.90. The summed E-state index contributed by atoms with van der Waals surface area (Å²) in [6.07, 6.45) is 4.33. The maximum absolute atomic E-state index is 12.7. The van der Waals surface area contributed by atoms with Gasteiger partial charge in [-0.05, 0) is 36.8 Å². The van der Waals surface area contributed by atoms with Crippen LogP contribution in [-0.4, -0.2) is 41.1 Å². The lowest BCUT2D eigenvalue weighted by Gasteiger charge is -2.08. The van der Waals surface area contributed by atoms with E-state index in [0.29, 0.717) is 18.7 Å². The quantitative estimate of drug-likeness (QED) is 0.284. The molecule has 0 aliphatic rings. The van der Waals surface area contributed by atoms with Gasteiger partial charge in [0.25, 0.3) is 11.1 Å². The third kappa shape index (κ3) is 5.74. The molecule has 0 aliphatic carbocycles. The average molecular weight is 508 g/mol. The molecule has 0 fully saturated rings. The summed E-state index contributed by atoms with van der Waals surface area (Å²) in [5.41, 5.74) is 2.59. The van der Waals surface area contributed by atoms with Crippen LogP contribution in [0.5, 0.6) is 5.75 Å². The molecule has 11 heteroatoms. The summed E-state index contributed by atoms with van der Waals surface area (Å²) in [6.45, 7) is 3.01. The summed E-state index contributed by atoms with van der Waals surface area (Å²) in [4.78, 5) is 16.5. The number of benzene rings is 2. The number of aryl methyl sites for hydroxylation is 1. The molecule has 2 heterocycles. The largest absolute Gasteiger partial charge is 0.492 e. The van der Waals surface area contributed by atoms with Crippen molar-refractivity contribution in [3.05, 3.63) is 71.4 Å². The van der Waals surface area contributed by atoms with Gasteiger partial charge in [-0.2, -0.15) is 14.6 Å². The van der Waals surface area contributed by atoms with E-state index >= 15 is 0 Å². The molecular weight excluding hydrogens is 486 g/mol. The van der Waals surface area contributed by atoms with Gasteiger partial charge in [-0.25, -0.2) is 8.42 Å². The number of nitriles is 1. The Morgan fingerprint density at radius 1 is 1.26 bits per heavy atom. The molecule has 4 aromatic rings. The van der Waals surface area contributed by atoms with Crippen molar-refractivity contribution in [2.45, 2.75) is 18.6 Å². The zero-order chi connectivity index (χ0) is 25.0. The van der Waals surface area contributed by atoms with E-state index in [1.807, 2.05) is 72.3 Å². The third-order valence-electron chi connectivity index (χ3n) is 5.03. The number of aromatic nitrogens is 3. The van der Waals surface area contributed by atoms with E-state index in [2.05, 4.69) is 14.7 Å². The molecular formula is C24H21N5O4S2. The van der Waals surface area contributed by atoms with Crippen LogP contribution < -0.4 is 10.1 Å². The van der Waals surface area contributed by atoms with Crippen molar-refractivity contribution >= 4 is 49.4 Å². The molecule has 0 spiro atoms. The Morgan fingerprint density at radius 2 is 2.06 bits per heavy atom. The van der Waals surface area contributed by atoms with Crippen LogP contribution in [0, 0.1) is 18.3 Å². The first-order valence-electron chi connectivity index (χ1n) is 10.5. The van der Waals surface area contributed by atoms with E-state index in [1.165, 1.54) is 6.08 Å². The van der Waals surface area contributed by atoms with Crippen molar-refractivity contribution in [3.8, 4) is 11.8 Å². The van der Waals surface area contributed by atoms with Crippen LogP contribution in [0.25, 0.3) is 17.0 Å². The molecule has 0 radical (unpaired) electrons. The standard InChI is InChI=1S/C24H21N5O4S2/c1-16-6-5-7-19(12-16)33-11-10-29-15-18(20-8-3-4-9-21(20)29)13-17(14-25)22(30)26-23-27-24(28-34-23)35(2,31)32/h3-9,12-13,15H,10-11H2,1-2H3,(H,26,27,28,30). The fraction of sp³-hybridized carbons (Fsp3) is 0.167. The predicted molar refractivity (Wildman–Crippen MR) is 134 cm³/mol. The van der Waals surface area contributed by atoms with Gasteiger partial charge in [-0.1, -0.05) is 30.3 Å². The zero-order valence-electron chi connectivity index (χ0n) is 18.9. The zero-order valence-corrected chi connectivity index (χ0v) is 20.6. The van der Waals surface area contributed by atoms with Gasteiger partial charge >= 0.3 is 0 Å². The summed E-state index contributed by atoms with van der Waals surface area (Å²) in [5, 5.41) is 12.5. The Labute approximate surface area is 206 Å². The van der Waals surface area contributed by atoms with Gasteiger partial charge in [0.1, 0.15) is 24.0 Å². The van der Waals surface area contributed by atoms with Crippen LogP contribution in [-0.2, 0) is 21.2 Å². The Hall–Kier alpha value is -4.01. The third-order valence-corrected chi connectivity index (χ3v) is 6.63. The van der Waals surface area contributed by atoms with Crippen molar-refractivity contribution < 1.29 is 17.9 Å². The molecule has 35 heavy (non-hydrogen) atoms. The molecule has 1 amide bonds. The SMILES string of the molecule is Cc1cccc(OCCn2cc(C=C(C#N)C(=O)Nc3nc(S(C)(=O)=O)ns3)c3ccccc32)c1. The summed E-state index contributed by atoms with van der Waals surface area (Å²) in [7, 11) is -3.60. The number of para-hydroxylation sites is 1. The van der Waals surface area contributed by atoms with Gasteiger partial charge in [0.05, 0.1) is 6.54 Å². The first kappa shape index (κ1) is 24.1. The summed E-state index contributed by atoms with van der Waals surface area (Å²) in [6, 6.07) is 17.4. The molecule has 0 unspecified atom stereocenters. The summed E-state index contributed by atoms with van der Waals surface area (Å²) in [5.74, 6) is 0.0871.